The number of fused-ring (bicyclic) bond motifs is 1. The lowest BCUT2D eigenvalue weighted by atomic mass is 10.0. The zero-order valence-electron chi connectivity index (χ0n) is 23.1. The third kappa shape index (κ3) is 6.00. The van der Waals surface area contributed by atoms with Crippen molar-refractivity contribution in [3.05, 3.63) is 99.9 Å². The van der Waals surface area contributed by atoms with Crippen LogP contribution in [0.4, 0.5) is 22.0 Å². The van der Waals surface area contributed by atoms with E-state index in [2.05, 4.69) is 20.0 Å². The fourth-order valence-corrected chi connectivity index (χ4v) is 5.14. The fourth-order valence-electron chi connectivity index (χ4n) is 5.14. The number of rotatable bonds is 4. The molecule has 0 unspecified atom stereocenters. The van der Waals surface area contributed by atoms with Crippen molar-refractivity contribution in [3.8, 4) is 23.0 Å². The van der Waals surface area contributed by atoms with E-state index in [-0.39, 0.29) is 28.7 Å². The predicted octanol–water partition coefficient (Wildman–Crippen LogP) is 5.51. The number of nitriles is 1. The molecule has 0 bridgehead atoms. The maximum absolute atomic E-state index is 13.8. The van der Waals surface area contributed by atoms with Gasteiger partial charge in [0.15, 0.2) is 6.29 Å². The Bertz CT molecular complexity index is 1910. The van der Waals surface area contributed by atoms with Gasteiger partial charge in [-0.1, -0.05) is 0 Å². The smallest absolute Gasteiger partial charge is 0.306 e. The van der Waals surface area contributed by atoms with Crippen LogP contribution < -0.4 is 5.69 Å². The van der Waals surface area contributed by atoms with E-state index in [1.807, 2.05) is 13.1 Å². The van der Waals surface area contributed by atoms with Gasteiger partial charge in [0, 0.05) is 30.1 Å². The van der Waals surface area contributed by atoms with Crippen LogP contribution in [0.5, 0.6) is 0 Å². The number of aromatic amines is 1. The van der Waals surface area contributed by atoms with Crippen molar-refractivity contribution in [2.45, 2.75) is 25.1 Å². The van der Waals surface area contributed by atoms with Gasteiger partial charge in [-0.3, -0.25) is 14.3 Å². The number of hydrogen-bond acceptors (Lipinski definition) is 6. The van der Waals surface area contributed by atoms with Crippen molar-refractivity contribution in [1.82, 2.24) is 29.2 Å². The van der Waals surface area contributed by atoms with Gasteiger partial charge in [0.05, 0.1) is 28.0 Å². The Morgan fingerprint density at radius 1 is 1.07 bits per heavy atom. The minimum Gasteiger partial charge on any atom is -0.306 e. The van der Waals surface area contributed by atoms with E-state index in [1.54, 1.807) is 22.9 Å². The number of imidazole rings is 1. The molecule has 1 N–H and O–H groups in total. The molecule has 4 heterocycles. The number of aromatic nitrogens is 5. The molecule has 2 aromatic carbocycles. The number of aldehydes is 1. The van der Waals surface area contributed by atoms with Gasteiger partial charge < -0.3 is 9.88 Å². The molecule has 1 aliphatic heterocycles. The second-order valence-electron chi connectivity index (χ2n) is 10.2. The summed E-state index contributed by atoms with van der Waals surface area (Å²) in [6.07, 6.45) is 0.407. The van der Waals surface area contributed by atoms with E-state index in [9.17, 15) is 31.5 Å². The van der Waals surface area contributed by atoms with Gasteiger partial charge in [-0.2, -0.15) is 23.5 Å². The molecule has 9 nitrogen and oxygen atoms in total. The molecule has 1 saturated heterocycles. The van der Waals surface area contributed by atoms with E-state index in [1.165, 1.54) is 29.1 Å². The van der Waals surface area contributed by atoms with Crippen molar-refractivity contribution in [2.75, 3.05) is 20.1 Å². The number of halogens is 5. The van der Waals surface area contributed by atoms with Gasteiger partial charge in [0.25, 0.3) is 0 Å². The highest BCUT2D eigenvalue weighted by Crippen LogP contribution is 2.33. The van der Waals surface area contributed by atoms with Crippen LogP contribution in [0, 0.1) is 23.0 Å². The normalized spacial score (nSPS) is 14.2. The van der Waals surface area contributed by atoms with Crippen LogP contribution in [0.2, 0.25) is 0 Å². The molecule has 0 saturated carbocycles. The van der Waals surface area contributed by atoms with E-state index >= 15 is 0 Å². The summed E-state index contributed by atoms with van der Waals surface area (Å²) >= 11 is 0. The lowest BCUT2D eigenvalue weighted by molar-refractivity contribution is -0.140. The maximum Gasteiger partial charge on any atom is 0.419 e. The Balaban J connectivity index is 0.000000177. The largest absolute Gasteiger partial charge is 0.419 e. The number of nitrogens with one attached hydrogen (secondary N) is 1. The summed E-state index contributed by atoms with van der Waals surface area (Å²) in [5.74, 6) is -2.00. The molecule has 44 heavy (non-hydrogen) atoms. The number of hydrogen-bond donors (Lipinski definition) is 1. The number of piperidine rings is 1. The second-order valence-corrected chi connectivity index (χ2v) is 10.2. The van der Waals surface area contributed by atoms with Crippen LogP contribution in [-0.4, -0.2) is 55.6 Å². The standard InChI is InChI=1S/C16H9F4N3O.C14H15FN4O/c17-14-7-12(3-4-13(14)16(18,19)20)23-15(6-11(9-24)22-23)10-2-1-5-21-8-10;1-18-6-4-9(5-7-18)19-13-10(8-16)11(15)2-3-12(13)17-14(19)20/h1-9H;2-3,9H,4-7H2,1H3,(H,17,20). The molecule has 0 spiro atoms. The van der Waals surface area contributed by atoms with Crippen LogP contribution in [-0.2, 0) is 6.18 Å². The monoisotopic (exact) mass is 609 g/mol. The number of likely N-dealkylation sites (tertiary alicyclic amines) is 1. The maximum atomic E-state index is 13.8. The zero-order chi connectivity index (χ0) is 31.6. The quantitative estimate of drug-likeness (QED) is 0.212. The van der Waals surface area contributed by atoms with Gasteiger partial charge >= 0.3 is 11.9 Å². The average molecular weight is 610 g/mol. The minimum absolute atomic E-state index is 0.0151. The van der Waals surface area contributed by atoms with E-state index in [0.717, 1.165) is 38.1 Å². The molecule has 14 heteroatoms. The highest BCUT2D eigenvalue weighted by Gasteiger charge is 2.34. The molecule has 3 aromatic heterocycles. The first-order chi connectivity index (χ1) is 21.0. The number of pyridine rings is 1. The number of nitrogens with zero attached hydrogens (tertiary/aromatic N) is 6. The van der Waals surface area contributed by atoms with Crippen molar-refractivity contribution in [3.63, 3.8) is 0 Å². The molecule has 5 aromatic rings. The minimum atomic E-state index is -4.78. The van der Waals surface area contributed by atoms with Crippen LogP contribution in [0.15, 0.2) is 65.7 Å². The Morgan fingerprint density at radius 2 is 1.82 bits per heavy atom. The van der Waals surface area contributed by atoms with Gasteiger partial charge in [-0.15, -0.1) is 0 Å². The van der Waals surface area contributed by atoms with Crippen LogP contribution >= 0.6 is 0 Å². The van der Waals surface area contributed by atoms with Gasteiger partial charge in [0.1, 0.15) is 29.0 Å². The molecular weight excluding hydrogens is 585 g/mol. The number of carbonyl (C=O) groups is 1. The van der Waals surface area contributed by atoms with E-state index in [4.69, 9.17) is 5.26 Å². The zero-order valence-corrected chi connectivity index (χ0v) is 23.1. The van der Waals surface area contributed by atoms with Gasteiger partial charge in [-0.05, 0) is 75.4 Å². The van der Waals surface area contributed by atoms with E-state index in [0.29, 0.717) is 34.6 Å². The lowest BCUT2D eigenvalue weighted by Gasteiger charge is -2.29. The number of alkyl halides is 3. The first-order valence-corrected chi connectivity index (χ1v) is 13.4. The van der Waals surface area contributed by atoms with Crippen LogP contribution in [0.25, 0.3) is 28.0 Å². The predicted molar refractivity (Wildman–Crippen MR) is 150 cm³/mol. The summed E-state index contributed by atoms with van der Waals surface area (Å²) < 4.78 is 68.4. The first kappa shape index (κ1) is 30.3. The number of carbonyl (C=O) groups excluding carboxylic acids is 1. The molecule has 0 radical (unpaired) electrons. The Labute approximate surface area is 246 Å². The number of H-pyrrole nitrogens is 1. The number of benzene rings is 2. The van der Waals surface area contributed by atoms with Crippen molar-refractivity contribution in [1.29, 1.82) is 5.26 Å². The summed E-state index contributed by atoms with van der Waals surface area (Å²) in [5.41, 5.74) is 0.344. The summed E-state index contributed by atoms with van der Waals surface area (Å²) in [5, 5.41) is 13.1. The average Bonchev–Trinajstić information content (AvgIpc) is 3.59. The molecular formula is C30H24F5N7O2. The molecule has 0 atom stereocenters. The molecule has 1 aliphatic rings. The molecule has 1 fully saturated rings. The highest BCUT2D eigenvalue weighted by atomic mass is 19.4. The fraction of sp³-hybridized carbons (Fsp3) is 0.233. The summed E-state index contributed by atoms with van der Waals surface area (Å²) in [7, 11) is 2.04. The second kappa shape index (κ2) is 12.2. The molecule has 0 amide bonds. The summed E-state index contributed by atoms with van der Waals surface area (Å²) in [6, 6.07) is 11.9. The van der Waals surface area contributed by atoms with E-state index < -0.39 is 23.4 Å². The highest BCUT2D eigenvalue weighted by molar-refractivity contribution is 5.82. The molecule has 6 rings (SSSR count). The van der Waals surface area contributed by atoms with Crippen LogP contribution in [0.3, 0.4) is 0 Å². The molecule has 0 aliphatic carbocycles. The lowest BCUT2D eigenvalue weighted by Crippen LogP contribution is -2.34. The van der Waals surface area contributed by atoms with Crippen molar-refractivity contribution >= 4 is 17.3 Å². The van der Waals surface area contributed by atoms with Gasteiger partial charge in [0.2, 0.25) is 0 Å². The van der Waals surface area contributed by atoms with Crippen molar-refractivity contribution in [2.24, 2.45) is 0 Å². The summed E-state index contributed by atoms with van der Waals surface area (Å²) in [6.45, 7) is 1.78. The summed E-state index contributed by atoms with van der Waals surface area (Å²) in [4.78, 5) is 32.0. The Morgan fingerprint density at radius 3 is 2.43 bits per heavy atom. The Kier molecular flexibility index (Phi) is 8.41. The third-order valence-corrected chi connectivity index (χ3v) is 7.30. The first-order valence-electron chi connectivity index (χ1n) is 13.4. The third-order valence-electron chi connectivity index (χ3n) is 7.30. The Hall–Kier alpha value is -5.16. The SMILES string of the molecule is CN1CCC(n2c(=O)[nH]c3ccc(F)c(C#N)c32)CC1.O=Cc1cc(-c2cccnc2)n(-c2ccc(C(F)(F)F)c(F)c2)n1. The molecule has 226 valence electrons. The van der Waals surface area contributed by atoms with Crippen LogP contribution in [0.1, 0.15) is 40.5 Å². The van der Waals surface area contributed by atoms with Crippen molar-refractivity contribution < 1.29 is 26.7 Å². The topological polar surface area (TPSA) is 113 Å². The van der Waals surface area contributed by atoms with Gasteiger partial charge in [-0.25, -0.2) is 18.3 Å².